The molecular weight excluding hydrogens is 160 g/mol. The highest BCUT2D eigenvalue weighted by Crippen LogP contribution is 2.04. The second-order valence-electron chi connectivity index (χ2n) is 2.92. The molecule has 0 aliphatic carbocycles. The second kappa shape index (κ2) is 3.34. The van der Waals surface area contributed by atoms with E-state index in [2.05, 4.69) is 14.7 Å². The Bertz CT molecular complexity index is 280. The molecular formula is C7H10N2O3. The molecule has 0 saturated heterocycles. The molecule has 0 aromatic carbocycles. The molecule has 0 aliphatic heterocycles. The molecule has 0 unspecified atom stereocenters. The van der Waals surface area contributed by atoms with Crippen molar-refractivity contribution >= 4 is 5.97 Å². The van der Waals surface area contributed by atoms with Gasteiger partial charge in [0.25, 0.3) is 0 Å². The van der Waals surface area contributed by atoms with Gasteiger partial charge in [0, 0.05) is 6.42 Å². The lowest BCUT2D eigenvalue weighted by Crippen LogP contribution is -1.99. The van der Waals surface area contributed by atoms with Crippen molar-refractivity contribution in [1.82, 2.24) is 10.1 Å². The molecule has 5 nitrogen and oxygen atoms in total. The topological polar surface area (TPSA) is 76.2 Å². The first kappa shape index (κ1) is 8.70. The van der Waals surface area contributed by atoms with E-state index in [1.54, 1.807) is 0 Å². The zero-order valence-corrected chi connectivity index (χ0v) is 6.94. The number of aromatic nitrogens is 2. The number of rotatable bonds is 3. The molecule has 1 aromatic heterocycles. The van der Waals surface area contributed by atoms with Crippen molar-refractivity contribution in [2.45, 2.75) is 20.3 Å². The van der Waals surface area contributed by atoms with Crippen LogP contribution in [-0.4, -0.2) is 21.2 Å². The van der Waals surface area contributed by atoms with Gasteiger partial charge in [-0.1, -0.05) is 19.0 Å². The Kier molecular flexibility index (Phi) is 2.42. The first-order valence-corrected chi connectivity index (χ1v) is 3.65. The van der Waals surface area contributed by atoms with Gasteiger partial charge in [-0.25, -0.2) is 4.79 Å². The van der Waals surface area contributed by atoms with Gasteiger partial charge in [0.15, 0.2) is 5.82 Å². The SMILES string of the molecule is CC(C)Cc1noc(C(=O)O)n1. The zero-order valence-electron chi connectivity index (χ0n) is 6.94. The molecule has 0 spiro atoms. The van der Waals surface area contributed by atoms with Crippen LogP contribution >= 0.6 is 0 Å². The van der Waals surface area contributed by atoms with Crippen molar-refractivity contribution in [3.05, 3.63) is 11.7 Å². The van der Waals surface area contributed by atoms with E-state index in [1.807, 2.05) is 13.8 Å². The van der Waals surface area contributed by atoms with Crippen molar-refractivity contribution in [2.24, 2.45) is 5.92 Å². The molecule has 1 N–H and O–H groups in total. The van der Waals surface area contributed by atoms with Gasteiger partial charge in [0.1, 0.15) is 0 Å². The van der Waals surface area contributed by atoms with Crippen LogP contribution in [0.1, 0.15) is 30.4 Å². The maximum atomic E-state index is 10.3. The molecule has 12 heavy (non-hydrogen) atoms. The largest absolute Gasteiger partial charge is 0.474 e. The van der Waals surface area contributed by atoms with Crippen LogP contribution in [0, 0.1) is 5.92 Å². The highest BCUT2D eigenvalue weighted by Gasteiger charge is 2.13. The average Bonchev–Trinajstić information content (AvgIpc) is 2.34. The minimum Gasteiger partial charge on any atom is -0.474 e. The number of hydrogen-bond acceptors (Lipinski definition) is 4. The Labute approximate surface area is 69.4 Å². The third kappa shape index (κ3) is 2.05. The summed E-state index contributed by atoms with van der Waals surface area (Å²) in [5.74, 6) is -0.685. The standard InChI is InChI=1S/C7H10N2O3/c1-4(2)3-5-8-6(7(10)11)12-9-5/h4H,3H2,1-2H3,(H,10,11). The number of carbonyl (C=O) groups is 1. The van der Waals surface area contributed by atoms with Crippen molar-refractivity contribution in [1.29, 1.82) is 0 Å². The van der Waals surface area contributed by atoms with E-state index in [0.29, 0.717) is 18.2 Å². The summed E-state index contributed by atoms with van der Waals surface area (Å²) in [5.41, 5.74) is 0. The van der Waals surface area contributed by atoms with Gasteiger partial charge in [0.05, 0.1) is 0 Å². The van der Waals surface area contributed by atoms with Gasteiger partial charge in [0.2, 0.25) is 0 Å². The van der Waals surface area contributed by atoms with E-state index in [0.717, 1.165) is 0 Å². The molecule has 0 bridgehead atoms. The normalized spacial score (nSPS) is 10.6. The number of nitrogens with zero attached hydrogens (tertiary/aromatic N) is 2. The fourth-order valence-corrected chi connectivity index (χ4v) is 0.789. The first-order chi connectivity index (χ1) is 5.59. The lowest BCUT2D eigenvalue weighted by atomic mass is 10.1. The van der Waals surface area contributed by atoms with Crippen molar-refractivity contribution in [2.75, 3.05) is 0 Å². The van der Waals surface area contributed by atoms with Crippen LogP contribution in [0.4, 0.5) is 0 Å². The first-order valence-electron chi connectivity index (χ1n) is 3.65. The van der Waals surface area contributed by atoms with Gasteiger partial charge in [-0.15, -0.1) is 0 Å². The third-order valence-electron chi connectivity index (χ3n) is 1.24. The van der Waals surface area contributed by atoms with Gasteiger partial charge in [-0.2, -0.15) is 4.98 Å². The van der Waals surface area contributed by atoms with Gasteiger partial charge in [-0.3, -0.25) is 0 Å². The van der Waals surface area contributed by atoms with Crippen LogP contribution in [0.25, 0.3) is 0 Å². The number of aromatic carboxylic acids is 1. The molecule has 1 aromatic rings. The van der Waals surface area contributed by atoms with E-state index < -0.39 is 5.97 Å². The average molecular weight is 170 g/mol. The highest BCUT2D eigenvalue weighted by atomic mass is 16.5. The maximum Gasteiger partial charge on any atom is 0.394 e. The Morgan fingerprint density at radius 3 is 2.75 bits per heavy atom. The number of carboxylic acids is 1. The summed E-state index contributed by atoms with van der Waals surface area (Å²) in [6, 6.07) is 0. The summed E-state index contributed by atoms with van der Waals surface area (Å²) < 4.78 is 4.47. The Morgan fingerprint density at radius 2 is 2.33 bits per heavy atom. The minimum absolute atomic E-state index is 0.342. The van der Waals surface area contributed by atoms with Gasteiger partial charge < -0.3 is 9.63 Å². The maximum absolute atomic E-state index is 10.3. The van der Waals surface area contributed by atoms with Crippen molar-refractivity contribution < 1.29 is 14.4 Å². The highest BCUT2D eigenvalue weighted by molar-refractivity contribution is 5.81. The number of carboxylic acid groups (broad SMARTS) is 1. The molecule has 0 radical (unpaired) electrons. The third-order valence-corrected chi connectivity index (χ3v) is 1.24. The van der Waals surface area contributed by atoms with Gasteiger partial charge in [-0.05, 0) is 5.92 Å². The lowest BCUT2D eigenvalue weighted by molar-refractivity contribution is 0.0643. The van der Waals surface area contributed by atoms with Crippen LogP contribution in [0.2, 0.25) is 0 Å². The zero-order chi connectivity index (χ0) is 9.14. The lowest BCUT2D eigenvalue weighted by Gasteiger charge is -1.95. The van der Waals surface area contributed by atoms with Crippen LogP contribution in [-0.2, 0) is 6.42 Å². The summed E-state index contributed by atoms with van der Waals surface area (Å²) in [4.78, 5) is 14.0. The molecule has 0 amide bonds. The van der Waals surface area contributed by atoms with Gasteiger partial charge >= 0.3 is 11.9 Å². The summed E-state index contributed by atoms with van der Waals surface area (Å²) in [7, 11) is 0. The van der Waals surface area contributed by atoms with E-state index in [-0.39, 0.29) is 5.89 Å². The van der Waals surface area contributed by atoms with Crippen LogP contribution < -0.4 is 0 Å². The fraction of sp³-hybridized carbons (Fsp3) is 0.571. The molecule has 1 rings (SSSR count). The monoisotopic (exact) mass is 170 g/mol. The van der Waals surface area contributed by atoms with Crippen molar-refractivity contribution in [3.8, 4) is 0 Å². The molecule has 66 valence electrons. The second-order valence-corrected chi connectivity index (χ2v) is 2.92. The van der Waals surface area contributed by atoms with E-state index >= 15 is 0 Å². The summed E-state index contributed by atoms with van der Waals surface area (Å²) >= 11 is 0. The van der Waals surface area contributed by atoms with Crippen LogP contribution in [0.5, 0.6) is 0 Å². The molecule has 1 heterocycles. The molecule has 0 aliphatic rings. The smallest absolute Gasteiger partial charge is 0.394 e. The van der Waals surface area contributed by atoms with Crippen LogP contribution in [0.15, 0.2) is 4.52 Å². The molecule has 0 saturated carbocycles. The summed E-state index contributed by atoms with van der Waals surface area (Å²) in [5, 5.41) is 11.9. The van der Waals surface area contributed by atoms with Crippen LogP contribution in [0.3, 0.4) is 0 Å². The predicted octanol–water partition coefficient (Wildman–Crippen LogP) is 0.966. The summed E-state index contributed by atoms with van der Waals surface area (Å²) in [6.45, 7) is 3.99. The number of hydrogen-bond donors (Lipinski definition) is 1. The molecule has 5 heteroatoms. The minimum atomic E-state index is -1.18. The molecule has 0 fully saturated rings. The molecule has 0 atom stereocenters. The Hall–Kier alpha value is -1.39. The van der Waals surface area contributed by atoms with E-state index in [4.69, 9.17) is 5.11 Å². The fourth-order valence-electron chi connectivity index (χ4n) is 0.789. The summed E-state index contributed by atoms with van der Waals surface area (Å²) in [6.07, 6.45) is 0.636. The van der Waals surface area contributed by atoms with Crippen molar-refractivity contribution in [3.63, 3.8) is 0 Å². The Morgan fingerprint density at radius 1 is 1.67 bits per heavy atom. The Balaban J connectivity index is 2.71. The van der Waals surface area contributed by atoms with E-state index in [1.165, 1.54) is 0 Å². The van der Waals surface area contributed by atoms with E-state index in [9.17, 15) is 4.79 Å². The predicted molar refractivity (Wildman–Crippen MR) is 39.8 cm³/mol. The quantitative estimate of drug-likeness (QED) is 0.731.